The van der Waals surface area contributed by atoms with Crippen molar-refractivity contribution in [1.82, 2.24) is 9.80 Å². The number of thiocarbonyl (C=S) groups is 1. The molecule has 0 unspecified atom stereocenters. The Morgan fingerprint density at radius 3 is 2.43 bits per heavy atom. The van der Waals surface area contributed by atoms with E-state index < -0.39 is 0 Å². The molecule has 2 N–H and O–H groups in total. The first-order valence-electron chi connectivity index (χ1n) is 7.47. The smallest absolute Gasteiger partial charge is 0.119 e. The molecule has 0 radical (unpaired) electrons. The molecular formula is C16H25N3OS. The van der Waals surface area contributed by atoms with Crippen LogP contribution < -0.4 is 10.5 Å². The van der Waals surface area contributed by atoms with E-state index in [4.69, 9.17) is 22.7 Å². The molecule has 0 aliphatic carbocycles. The molecule has 116 valence electrons. The first kappa shape index (κ1) is 16.2. The van der Waals surface area contributed by atoms with Gasteiger partial charge >= 0.3 is 0 Å². The van der Waals surface area contributed by atoms with Gasteiger partial charge in [-0.15, -0.1) is 0 Å². The fraction of sp³-hybridized carbons (Fsp3) is 0.562. The third-order valence-corrected chi connectivity index (χ3v) is 4.34. The second-order valence-corrected chi connectivity index (χ2v) is 6.21. The second-order valence-electron chi connectivity index (χ2n) is 5.77. The molecule has 1 aromatic rings. The fourth-order valence-electron chi connectivity index (χ4n) is 2.67. The van der Waals surface area contributed by atoms with Crippen LogP contribution in [0.25, 0.3) is 0 Å². The summed E-state index contributed by atoms with van der Waals surface area (Å²) in [4.78, 5) is 5.23. The van der Waals surface area contributed by atoms with Crippen LogP contribution in [-0.4, -0.2) is 61.2 Å². The highest BCUT2D eigenvalue weighted by Crippen LogP contribution is 2.15. The van der Waals surface area contributed by atoms with E-state index in [0.29, 0.717) is 4.99 Å². The van der Waals surface area contributed by atoms with Gasteiger partial charge in [0.25, 0.3) is 0 Å². The maximum absolute atomic E-state index is 5.78. The van der Waals surface area contributed by atoms with Gasteiger partial charge in [-0.1, -0.05) is 12.2 Å². The van der Waals surface area contributed by atoms with Gasteiger partial charge in [-0.3, -0.25) is 4.90 Å². The van der Waals surface area contributed by atoms with E-state index in [2.05, 4.69) is 23.9 Å². The van der Waals surface area contributed by atoms with Crippen LogP contribution >= 0.6 is 12.2 Å². The van der Waals surface area contributed by atoms with E-state index in [-0.39, 0.29) is 0 Å². The summed E-state index contributed by atoms with van der Waals surface area (Å²) >= 11 is 4.93. The van der Waals surface area contributed by atoms with Crippen molar-refractivity contribution in [2.24, 2.45) is 5.73 Å². The molecule has 0 saturated carbocycles. The Labute approximate surface area is 132 Å². The first-order chi connectivity index (χ1) is 10.1. The fourth-order valence-corrected chi connectivity index (χ4v) is 2.80. The molecule has 1 aliphatic heterocycles. The SMILES string of the molecule is CN(C)C1CCN(CCOc2ccc(C(N)=S)cc2)CC1. The van der Waals surface area contributed by atoms with Crippen molar-refractivity contribution >= 4 is 17.2 Å². The van der Waals surface area contributed by atoms with E-state index >= 15 is 0 Å². The zero-order chi connectivity index (χ0) is 15.2. The lowest BCUT2D eigenvalue weighted by Crippen LogP contribution is -2.43. The molecule has 4 nitrogen and oxygen atoms in total. The molecule has 1 aromatic carbocycles. The molecular weight excluding hydrogens is 282 g/mol. The van der Waals surface area contributed by atoms with E-state index in [0.717, 1.165) is 43.6 Å². The van der Waals surface area contributed by atoms with Crippen molar-refractivity contribution in [2.45, 2.75) is 18.9 Å². The number of piperidine rings is 1. The largest absolute Gasteiger partial charge is 0.492 e. The predicted octanol–water partition coefficient (Wildman–Crippen LogP) is 1.73. The van der Waals surface area contributed by atoms with Gasteiger partial charge in [-0.05, 0) is 64.3 Å². The molecule has 1 saturated heterocycles. The topological polar surface area (TPSA) is 41.7 Å². The van der Waals surface area contributed by atoms with E-state index in [1.807, 2.05) is 24.3 Å². The lowest BCUT2D eigenvalue weighted by Gasteiger charge is -2.35. The second kappa shape index (κ2) is 7.73. The van der Waals surface area contributed by atoms with Gasteiger partial charge < -0.3 is 15.4 Å². The van der Waals surface area contributed by atoms with Gasteiger partial charge in [-0.25, -0.2) is 0 Å². The average molecular weight is 307 g/mol. The maximum atomic E-state index is 5.78. The standard InChI is InChI=1S/C16H25N3OS/c1-18(2)14-7-9-19(10-8-14)11-12-20-15-5-3-13(4-6-15)16(17)21/h3-6,14H,7-12H2,1-2H3,(H2,17,21). The van der Waals surface area contributed by atoms with Crippen LogP contribution in [0.3, 0.4) is 0 Å². The summed E-state index contributed by atoms with van der Waals surface area (Å²) in [5, 5.41) is 0. The molecule has 0 atom stereocenters. The summed E-state index contributed by atoms with van der Waals surface area (Å²) < 4.78 is 5.78. The van der Waals surface area contributed by atoms with Gasteiger partial charge in [0, 0.05) is 18.2 Å². The summed E-state index contributed by atoms with van der Waals surface area (Å²) in [5.41, 5.74) is 6.45. The Morgan fingerprint density at radius 2 is 1.90 bits per heavy atom. The summed E-state index contributed by atoms with van der Waals surface area (Å²) in [6, 6.07) is 8.38. The normalized spacial score (nSPS) is 17.1. The average Bonchev–Trinajstić information content (AvgIpc) is 2.48. The maximum Gasteiger partial charge on any atom is 0.119 e. The van der Waals surface area contributed by atoms with Crippen molar-refractivity contribution in [3.05, 3.63) is 29.8 Å². The lowest BCUT2D eigenvalue weighted by atomic mass is 10.0. The third-order valence-electron chi connectivity index (χ3n) is 4.10. The van der Waals surface area contributed by atoms with Crippen molar-refractivity contribution < 1.29 is 4.74 Å². The number of hydrogen-bond donors (Lipinski definition) is 1. The summed E-state index contributed by atoms with van der Waals surface area (Å²) in [6.45, 7) is 4.02. The Morgan fingerprint density at radius 1 is 1.29 bits per heavy atom. The molecule has 0 aromatic heterocycles. The van der Waals surface area contributed by atoms with Crippen LogP contribution in [0, 0.1) is 0 Å². The molecule has 21 heavy (non-hydrogen) atoms. The van der Waals surface area contributed by atoms with Crippen molar-refractivity contribution in [3.8, 4) is 5.75 Å². The number of rotatable bonds is 6. The highest BCUT2D eigenvalue weighted by molar-refractivity contribution is 7.80. The third kappa shape index (κ3) is 4.95. The van der Waals surface area contributed by atoms with Crippen molar-refractivity contribution in [3.63, 3.8) is 0 Å². The van der Waals surface area contributed by atoms with E-state index in [1.165, 1.54) is 12.8 Å². The Bertz CT molecular complexity index is 453. The van der Waals surface area contributed by atoms with Crippen LogP contribution in [0.2, 0.25) is 0 Å². The zero-order valence-electron chi connectivity index (χ0n) is 12.9. The minimum Gasteiger partial charge on any atom is -0.492 e. The van der Waals surface area contributed by atoms with Crippen LogP contribution in [0.4, 0.5) is 0 Å². The van der Waals surface area contributed by atoms with Crippen LogP contribution in [0.1, 0.15) is 18.4 Å². The van der Waals surface area contributed by atoms with Gasteiger partial charge in [0.05, 0.1) is 0 Å². The molecule has 1 aliphatic rings. The minimum absolute atomic E-state index is 0.422. The summed E-state index contributed by atoms with van der Waals surface area (Å²) in [7, 11) is 4.33. The number of ether oxygens (including phenoxy) is 1. The van der Waals surface area contributed by atoms with Crippen LogP contribution in [0.15, 0.2) is 24.3 Å². The van der Waals surface area contributed by atoms with E-state index in [1.54, 1.807) is 0 Å². The van der Waals surface area contributed by atoms with Crippen molar-refractivity contribution in [1.29, 1.82) is 0 Å². The molecule has 2 rings (SSSR count). The summed E-state index contributed by atoms with van der Waals surface area (Å²) in [6.07, 6.45) is 2.49. The molecule has 1 fully saturated rings. The number of nitrogens with zero attached hydrogens (tertiary/aromatic N) is 2. The minimum atomic E-state index is 0.422. The lowest BCUT2D eigenvalue weighted by molar-refractivity contribution is 0.128. The predicted molar refractivity (Wildman–Crippen MR) is 91.0 cm³/mol. The Balaban J connectivity index is 1.69. The number of nitrogens with two attached hydrogens (primary N) is 1. The Kier molecular flexibility index (Phi) is 5.96. The highest BCUT2D eigenvalue weighted by atomic mass is 32.1. The van der Waals surface area contributed by atoms with Crippen LogP contribution in [0.5, 0.6) is 5.75 Å². The van der Waals surface area contributed by atoms with Crippen LogP contribution in [-0.2, 0) is 0 Å². The van der Waals surface area contributed by atoms with Gasteiger partial charge in [0.1, 0.15) is 17.3 Å². The number of benzene rings is 1. The monoisotopic (exact) mass is 307 g/mol. The zero-order valence-corrected chi connectivity index (χ0v) is 13.7. The van der Waals surface area contributed by atoms with Gasteiger partial charge in [-0.2, -0.15) is 0 Å². The molecule has 0 spiro atoms. The van der Waals surface area contributed by atoms with Gasteiger partial charge in [0.15, 0.2) is 0 Å². The number of likely N-dealkylation sites (tertiary alicyclic amines) is 1. The molecule has 1 heterocycles. The molecule has 5 heteroatoms. The molecule has 0 bridgehead atoms. The first-order valence-corrected chi connectivity index (χ1v) is 7.88. The highest BCUT2D eigenvalue weighted by Gasteiger charge is 2.20. The summed E-state index contributed by atoms with van der Waals surface area (Å²) in [5.74, 6) is 0.873. The van der Waals surface area contributed by atoms with Gasteiger partial charge in [0.2, 0.25) is 0 Å². The Hall–Kier alpha value is -1.17. The van der Waals surface area contributed by atoms with E-state index in [9.17, 15) is 0 Å². The quantitative estimate of drug-likeness (QED) is 0.811. The molecule has 0 amide bonds. The van der Waals surface area contributed by atoms with Crippen molar-refractivity contribution in [2.75, 3.05) is 40.3 Å². The number of hydrogen-bond acceptors (Lipinski definition) is 4.